The highest BCUT2D eigenvalue weighted by Crippen LogP contribution is 2.37. The summed E-state index contributed by atoms with van der Waals surface area (Å²) in [6, 6.07) is 3.84. The van der Waals surface area contributed by atoms with Crippen LogP contribution in [0.25, 0.3) is 0 Å². The summed E-state index contributed by atoms with van der Waals surface area (Å²) in [5.74, 6) is -3.14. The number of benzene rings is 1. The highest BCUT2D eigenvalue weighted by molar-refractivity contribution is 7.12. The zero-order chi connectivity index (χ0) is 24.4. The lowest BCUT2D eigenvalue weighted by molar-refractivity contribution is -0.171. The van der Waals surface area contributed by atoms with Gasteiger partial charge in [-0.25, -0.2) is 0 Å². The van der Waals surface area contributed by atoms with Crippen molar-refractivity contribution in [3.8, 4) is 0 Å². The molecule has 0 spiro atoms. The van der Waals surface area contributed by atoms with Gasteiger partial charge in [0.25, 0.3) is 0 Å². The average Bonchev–Trinajstić information content (AvgIpc) is 3.16. The predicted octanol–water partition coefficient (Wildman–Crippen LogP) is 6.16. The second-order valence-electron chi connectivity index (χ2n) is 7.91. The van der Waals surface area contributed by atoms with E-state index in [2.05, 4.69) is 5.32 Å². The molecule has 11 heteroatoms. The standard InChI is InChI=1S/C22H22F6N2O2S/c1-13-7-12-17(33-13)18(19(31)29-15-5-3-2-4-6-15)30(20(32)22(26,27)28)16-10-8-14(9-11-16)21(23,24)25/h7-12,15,18H,2-6H2,1H3,(H,29,31)/t18-/m0/s1. The maximum Gasteiger partial charge on any atom is 0.471 e. The molecule has 3 rings (SSSR count). The number of thiophene rings is 1. The van der Waals surface area contributed by atoms with Gasteiger partial charge in [-0.2, -0.15) is 26.3 Å². The maximum absolute atomic E-state index is 13.6. The topological polar surface area (TPSA) is 49.4 Å². The first-order valence-corrected chi connectivity index (χ1v) is 11.1. The van der Waals surface area contributed by atoms with E-state index in [4.69, 9.17) is 0 Å². The molecule has 2 amide bonds. The van der Waals surface area contributed by atoms with E-state index in [0.717, 1.165) is 42.7 Å². The Bertz CT molecular complexity index is 978. The first-order chi connectivity index (χ1) is 15.4. The molecular weight excluding hydrogens is 470 g/mol. The molecular formula is C22H22F6N2O2S. The molecule has 1 aliphatic carbocycles. The third-order valence-corrected chi connectivity index (χ3v) is 6.48. The molecule has 0 bridgehead atoms. The second kappa shape index (κ2) is 9.74. The normalized spacial score (nSPS) is 16.3. The monoisotopic (exact) mass is 492 g/mol. The smallest absolute Gasteiger partial charge is 0.351 e. The fraction of sp³-hybridized carbons (Fsp3) is 0.455. The van der Waals surface area contributed by atoms with E-state index >= 15 is 0 Å². The number of hydrogen-bond acceptors (Lipinski definition) is 3. The van der Waals surface area contributed by atoms with Gasteiger partial charge in [-0.05, 0) is 56.2 Å². The number of alkyl halides is 6. The zero-order valence-electron chi connectivity index (χ0n) is 17.6. The summed E-state index contributed by atoms with van der Waals surface area (Å²) in [6.45, 7) is 1.69. The van der Waals surface area contributed by atoms with Crippen molar-refractivity contribution >= 4 is 28.8 Å². The fourth-order valence-electron chi connectivity index (χ4n) is 3.83. The first kappa shape index (κ1) is 25.1. The average molecular weight is 492 g/mol. The van der Waals surface area contributed by atoms with E-state index in [1.54, 1.807) is 13.0 Å². The molecule has 1 aliphatic rings. The summed E-state index contributed by atoms with van der Waals surface area (Å²) < 4.78 is 79.6. The van der Waals surface area contributed by atoms with Gasteiger partial charge >= 0.3 is 18.3 Å². The quantitative estimate of drug-likeness (QED) is 0.508. The Balaban J connectivity index is 2.06. The van der Waals surface area contributed by atoms with Crippen molar-refractivity contribution in [3.63, 3.8) is 0 Å². The molecule has 1 heterocycles. The van der Waals surface area contributed by atoms with Crippen molar-refractivity contribution in [3.05, 3.63) is 51.7 Å². The first-order valence-electron chi connectivity index (χ1n) is 10.3. The van der Waals surface area contributed by atoms with Gasteiger partial charge in [-0.15, -0.1) is 11.3 Å². The van der Waals surface area contributed by atoms with Gasteiger partial charge in [0.2, 0.25) is 5.91 Å². The Morgan fingerprint density at radius 1 is 0.970 bits per heavy atom. The minimum absolute atomic E-state index is 0.179. The highest BCUT2D eigenvalue weighted by atomic mass is 32.1. The molecule has 0 saturated heterocycles. The molecule has 0 radical (unpaired) electrons. The molecule has 2 aromatic rings. The summed E-state index contributed by atoms with van der Waals surface area (Å²) in [5.41, 5.74) is -1.54. The number of halogens is 6. The van der Waals surface area contributed by atoms with Gasteiger partial charge in [-0.1, -0.05) is 19.3 Å². The van der Waals surface area contributed by atoms with Crippen LogP contribution in [0.15, 0.2) is 36.4 Å². The number of nitrogens with zero attached hydrogens (tertiary/aromatic N) is 1. The molecule has 180 valence electrons. The fourth-order valence-corrected chi connectivity index (χ4v) is 4.80. The largest absolute Gasteiger partial charge is 0.471 e. The maximum atomic E-state index is 13.6. The van der Waals surface area contributed by atoms with Gasteiger partial charge in [0.1, 0.15) is 0 Å². The summed E-state index contributed by atoms with van der Waals surface area (Å²) in [4.78, 5) is 26.8. The lowest BCUT2D eigenvalue weighted by atomic mass is 9.95. The van der Waals surface area contributed by atoms with Crippen molar-refractivity contribution in [2.45, 2.75) is 63.5 Å². The number of aryl methyl sites for hydroxylation is 1. The van der Waals surface area contributed by atoms with Crippen LogP contribution in [0.4, 0.5) is 32.0 Å². The molecule has 1 N–H and O–H groups in total. The Morgan fingerprint density at radius 3 is 2.06 bits per heavy atom. The molecule has 1 fully saturated rings. The summed E-state index contributed by atoms with van der Waals surface area (Å²) in [5, 5.41) is 2.75. The molecule has 1 saturated carbocycles. The van der Waals surface area contributed by atoms with Crippen molar-refractivity contribution in [1.82, 2.24) is 5.32 Å². The summed E-state index contributed by atoms with van der Waals surface area (Å²) in [6.07, 6.45) is -6.02. The molecule has 1 aromatic carbocycles. The van der Waals surface area contributed by atoms with E-state index in [-0.39, 0.29) is 15.8 Å². The van der Waals surface area contributed by atoms with Crippen molar-refractivity contribution in [2.75, 3.05) is 4.90 Å². The van der Waals surface area contributed by atoms with Crippen LogP contribution in [0.1, 0.15) is 53.5 Å². The number of rotatable bonds is 5. The van der Waals surface area contributed by atoms with E-state index in [0.29, 0.717) is 29.9 Å². The van der Waals surface area contributed by atoms with Gasteiger partial charge in [0.05, 0.1) is 5.56 Å². The SMILES string of the molecule is Cc1ccc([C@@H](C(=O)NC2CCCCC2)N(C(=O)C(F)(F)F)c2ccc(C(F)(F)F)cc2)s1. The molecule has 0 aliphatic heterocycles. The molecule has 4 nitrogen and oxygen atoms in total. The number of nitrogens with one attached hydrogen (secondary N) is 1. The van der Waals surface area contributed by atoms with Gasteiger partial charge in [0, 0.05) is 21.5 Å². The van der Waals surface area contributed by atoms with Crippen LogP contribution in [-0.4, -0.2) is 24.0 Å². The van der Waals surface area contributed by atoms with Gasteiger partial charge < -0.3 is 5.32 Å². The number of carbonyl (C=O) groups is 2. The van der Waals surface area contributed by atoms with Gasteiger partial charge in [0.15, 0.2) is 6.04 Å². The molecule has 1 aromatic heterocycles. The summed E-state index contributed by atoms with van der Waals surface area (Å²) >= 11 is 1.04. The third kappa shape index (κ3) is 6.07. The van der Waals surface area contributed by atoms with Crippen LogP contribution >= 0.6 is 11.3 Å². The van der Waals surface area contributed by atoms with Crippen LogP contribution < -0.4 is 10.2 Å². The molecule has 0 unspecified atom stereocenters. The van der Waals surface area contributed by atoms with Crippen molar-refractivity contribution < 1.29 is 35.9 Å². The lowest BCUT2D eigenvalue weighted by Gasteiger charge is -2.33. The Hall–Kier alpha value is -2.56. The highest BCUT2D eigenvalue weighted by Gasteiger charge is 2.48. The van der Waals surface area contributed by atoms with Gasteiger partial charge in [-0.3, -0.25) is 14.5 Å². The Kier molecular flexibility index (Phi) is 7.40. The lowest BCUT2D eigenvalue weighted by Crippen LogP contribution is -2.50. The number of amides is 2. The molecule has 1 atom stereocenters. The minimum Gasteiger partial charge on any atom is -0.351 e. The number of carbonyl (C=O) groups excluding carboxylic acids is 2. The third-order valence-electron chi connectivity index (χ3n) is 5.42. The minimum atomic E-state index is -5.35. The van der Waals surface area contributed by atoms with E-state index in [1.807, 2.05) is 0 Å². The van der Waals surface area contributed by atoms with Crippen LogP contribution in [-0.2, 0) is 15.8 Å². The van der Waals surface area contributed by atoms with E-state index in [1.165, 1.54) is 6.07 Å². The second-order valence-corrected chi connectivity index (χ2v) is 9.23. The predicted molar refractivity (Wildman–Crippen MR) is 112 cm³/mol. The van der Waals surface area contributed by atoms with Crippen LogP contribution in [0, 0.1) is 6.92 Å². The molecule has 33 heavy (non-hydrogen) atoms. The Morgan fingerprint density at radius 2 is 1.58 bits per heavy atom. The van der Waals surface area contributed by atoms with Crippen LogP contribution in [0.2, 0.25) is 0 Å². The summed E-state index contributed by atoms with van der Waals surface area (Å²) in [7, 11) is 0. The van der Waals surface area contributed by atoms with Crippen LogP contribution in [0.5, 0.6) is 0 Å². The van der Waals surface area contributed by atoms with E-state index < -0.39 is 41.5 Å². The van der Waals surface area contributed by atoms with Crippen LogP contribution in [0.3, 0.4) is 0 Å². The van der Waals surface area contributed by atoms with Crippen molar-refractivity contribution in [1.29, 1.82) is 0 Å². The number of anilines is 1. The van der Waals surface area contributed by atoms with E-state index in [9.17, 15) is 35.9 Å². The zero-order valence-corrected chi connectivity index (χ0v) is 18.4. The van der Waals surface area contributed by atoms with Crippen molar-refractivity contribution in [2.24, 2.45) is 0 Å². The number of hydrogen-bond donors (Lipinski definition) is 1. The Labute approximate surface area is 190 Å².